The molecule has 1 atom stereocenters. The van der Waals surface area contributed by atoms with Gasteiger partial charge in [-0.2, -0.15) is 0 Å². The molecule has 0 heterocycles. The zero-order valence-corrected chi connectivity index (χ0v) is 13.4. The van der Waals surface area contributed by atoms with E-state index in [1.54, 1.807) is 37.3 Å². The number of benzene rings is 2. The molecule has 3 rings (SSSR count). The lowest BCUT2D eigenvalue weighted by Gasteiger charge is -2.16. The van der Waals surface area contributed by atoms with Gasteiger partial charge in [0, 0.05) is 0 Å². The van der Waals surface area contributed by atoms with Crippen LogP contribution in [0.15, 0.2) is 36.4 Å². The average Bonchev–Trinajstić information content (AvgIpc) is 2.88. The number of nitrogens with one attached hydrogen (secondary N) is 1. The summed E-state index contributed by atoms with van der Waals surface area (Å²) in [4.78, 5) is 23.7. The molecular weight excluding hydrogens is 314 g/mol. The Morgan fingerprint density at radius 2 is 1.96 bits per heavy atom. The molecule has 0 unspecified atom stereocenters. The van der Waals surface area contributed by atoms with Crippen LogP contribution in [0.25, 0.3) is 0 Å². The van der Waals surface area contributed by atoms with Crippen molar-refractivity contribution in [1.82, 2.24) is 5.32 Å². The third-order valence-corrected chi connectivity index (χ3v) is 4.55. The van der Waals surface area contributed by atoms with Crippen LogP contribution in [-0.2, 0) is 6.42 Å². The Balaban J connectivity index is 1.88. The number of aryl methyl sites for hydroxylation is 2. The van der Waals surface area contributed by atoms with Crippen molar-refractivity contribution in [3.05, 3.63) is 69.2 Å². The number of carboxylic acids is 1. The number of aromatic carboxylic acids is 1. The fourth-order valence-electron chi connectivity index (χ4n) is 3.04. The van der Waals surface area contributed by atoms with Crippen molar-refractivity contribution < 1.29 is 14.7 Å². The maximum Gasteiger partial charge on any atom is 0.335 e. The smallest absolute Gasteiger partial charge is 0.335 e. The van der Waals surface area contributed by atoms with Crippen LogP contribution in [0.4, 0.5) is 0 Å². The van der Waals surface area contributed by atoms with E-state index in [-0.39, 0.29) is 17.5 Å². The summed E-state index contributed by atoms with van der Waals surface area (Å²) >= 11 is 6.05. The predicted octanol–water partition coefficient (Wildman–Crippen LogP) is 3.76. The first-order valence-electron chi connectivity index (χ1n) is 7.39. The molecule has 0 aromatic heterocycles. The Morgan fingerprint density at radius 3 is 2.65 bits per heavy atom. The molecule has 0 fully saturated rings. The normalized spacial score (nSPS) is 16.0. The fourth-order valence-corrected chi connectivity index (χ4v) is 3.26. The van der Waals surface area contributed by atoms with E-state index < -0.39 is 5.97 Å². The Kier molecular flexibility index (Phi) is 4.09. The molecule has 1 amide bonds. The Labute approximate surface area is 139 Å². The van der Waals surface area contributed by atoms with Gasteiger partial charge in [-0.1, -0.05) is 29.8 Å². The van der Waals surface area contributed by atoms with Crippen molar-refractivity contribution in [2.75, 3.05) is 0 Å². The summed E-state index contributed by atoms with van der Waals surface area (Å²) in [6.45, 7) is 1.79. The monoisotopic (exact) mass is 329 g/mol. The molecular formula is C18H16ClNO3. The highest BCUT2D eigenvalue weighted by atomic mass is 35.5. The number of rotatable bonds is 3. The first-order valence-corrected chi connectivity index (χ1v) is 7.77. The Bertz CT molecular complexity index is 801. The second kappa shape index (κ2) is 6.05. The van der Waals surface area contributed by atoms with E-state index in [1.165, 1.54) is 0 Å². The molecule has 1 aliphatic carbocycles. The van der Waals surface area contributed by atoms with Crippen LogP contribution in [0.5, 0.6) is 0 Å². The molecule has 0 radical (unpaired) electrons. The summed E-state index contributed by atoms with van der Waals surface area (Å²) in [5, 5.41) is 12.6. The maximum atomic E-state index is 12.4. The number of hydrogen-bond donors (Lipinski definition) is 2. The van der Waals surface area contributed by atoms with E-state index in [2.05, 4.69) is 5.32 Å². The van der Waals surface area contributed by atoms with Gasteiger partial charge in [-0.25, -0.2) is 4.79 Å². The van der Waals surface area contributed by atoms with Crippen LogP contribution in [0, 0.1) is 6.92 Å². The lowest BCUT2D eigenvalue weighted by atomic mass is 9.99. The summed E-state index contributed by atoms with van der Waals surface area (Å²) in [5.74, 6) is -1.20. The third-order valence-electron chi connectivity index (χ3n) is 4.22. The number of carbonyl (C=O) groups excluding carboxylic acids is 1. The van der Waals surface area contributed by atoms with Crippen LogP contribution in [0.2, 0.25) is 5.02 Å². The zero-order valence-electron chi connectivity index (χ0n) is 12.6. The molecule has 0 saturated heterocycles. The minimum absolute atomic E-state index is 0.188. The van der Waals surface area contributed by atoms with Gasteiger partial charge in [0.15, 0.2) is 0 Å². The number of carbonyl (C=O) groups is 2. The van der Waals surface area contributed by atoms with Crippen LogP contribution >= 0.6 is 11.6 Å². The van der Waals surface area contributed by atoms with Crippen molar-refractivity contribution in [3.63, 3.8) is 0 Å². The SMILES string of the molecule is Cc1cc2c(cc1C(=O)O)[C@H](NC(=O)c1ccccc1Cl)CC2. The van der Waals surface area contributed by atoms with E-state index in [1.807, 2.05) is 6.07 Å². The molecule has 2 aromatic carbocycles. The largest absolute Gasteiger partial charge is 0.478 e. The summed E-state index contributed by atoms with van der Waals surface area (Å²) in [6, 6.07) is 10.3. The molecule has 4 nitrogen and oxygen atoms in total. The highest BCUT2D eigenvalue weighted by molar-refractivity contribution is 6.33. The van der Waals surface area contributed by atoms with Gasteiger partial charge in [0.25, 0.3) is 5.91 Å². The van der Waals surface area contributed by atoms with Gasteiger partial charge >= 0.3 is 5.97 Å². The maximum absolute atomic E-state index is 12.4. The van der Waals surface area contributed by atoms with E-state index in [0.717, 1.165) is 29.5 Å². The minimum Gasteiger partial charge on any atom is -0.478 e. The van der Waals surface area contributed by atoms with E-state index in [0.29, 0.717) is 10.6 Å². The summed E-state index contributed by atoms with van der Waals surface area (Å²) in [7, 11) is 0. The number of hydrogen-bond acceptors (Lipinski definition) is 2. The molecule has 0 saturated carbocycles. The van der Waals surface area contributed by atoms with Crippen LogP contribution in [0.3, 0.4) is 0 Å². The van der Waals surface area contributed by atoms with Crippen molar-refractivity contribution >= 4 is 23.5 Å². The average molecular weight is 330 g/mol. The van der Waals surface area contributed by atoms with Crippen LogP contribution < -0.4 is 5.32 Å². The van der Waals surface area contributed by atoms with E-state index >= 15 is 0 Å². The third kappa shape index (κ3) is 2.94. The van der Waals surface area contributed by atoms with Crippen molar-refractivity contribution in [3.8, 4) is 0 Å². The molecule has 23 heavy (non-hydrogen) atoms. The second-order valence-corrected chi connectivity index (χ2v) is 6.12. The molecule has 5 heteroatoms. The molecule has 0 spiro atoms. The Morgan fingerprint density at radius 1 is 1.22 bits per heavy atom. The number of halogens is 1. The first kappa shape index (κ1) is 15.6. The highest BCUT2D eigenvalue weighted by Crippen LogP contribution is 2.33. The minimum atomic E-state index is -0.951. The second-order valence-electron chi connectivity index (χ2n) is 5.72. The molecule has 2 N–H and O–H groups in total. The zero-order chi connectivity index (χ0) is 16.6. The van der Waals surface area contributed by atoms with Crippen molar-refractivity contribution in [1.29, 1.82) is 0 Å². The van der Waals surface area contributed by atoms with Gasteiger partial charge in [-0.05, 0) is 54.7 Å². The van der Waals surface area contributed by atoms with Crippen molar-refractivity contribution in [2.24, 2.45) is 0 Å². The van der Waals surface area contributed by atoms with Crippen LogP contribution in [0.1, 0.15) is 49.9 Å². The fraction of sp³-hybridized carbons (Fsp3) is 0.222. The summed E-state index contributed by atoms with van der Waals surface area (Å²) < 4.78 is 0. The summed E-state index contributed by atoms with van der Waals surface area (Å²) in [5.41, 5.74) is 3.43. The number of carboxylic acid groups (broad SMARTS) is 1. The first-order chi connectivity index (χ1) is 11.0. The number of fused-ring (bicyclic) bond motifs is 1. The lowest BCUT2D eigenvalue weighted by Crippen LogP contribution is -2.27. The van der Waals surface area contributed by atoms with Gasteiger partial charge in [0.2, 0.25) is 0 Å². The molecule has 2 aromatic rings. The van der Waals surface area contributed by atoms with Gasteiger partial charge < -0.3 is 10.4 Å². The van der Waals surface area contributed by atoms with Crippen LogP contribution in [-0.4, -0.2) is 17.0 Å². The number of amides is 1. The Hall–Kier alpha value is -2.33. The predicted molar refractivity (Wildman–Crippen MR) is 88.1 cm³/mol. The highest BCUT2D eigenvalue weighted by Gasteiger charge is 2.27. The van der Waals surface area contributed by atoms with Gasteiger partial charge in [0.1, 0.15) is 0 Å². The topological polar surface area (TPSA) is 66.4 Å². The quantitative estimate of drug-likeness (QED) is 0.901. The molecule has 1 aliphatic rings. The molecule has 118 valence electrons. The van der Waals surface area contributed by atoms with E-state index in [4.69, 9.17) is 11.6 Å². The van der Waals surface area contributed by atoms with Gasteiger partial charge in [-0.15, -0.1) is 0 Å². The summed E-state index contributed by atoms with van der Waals surface area (Å²) in [6.07, 6.45) is 1.58. The lowest BCUT2D eigenvalue weighted by molar-refractivity contribution is 0.0696. The molecule has 0 aliphatic heterocycles. The van der Waals surface area contributed by atoms with Gasteiger partial charge in [0.05, 0.1) is 22.2 Å². The molecule has 0 bridgehead atoms. The standard InChI is InChI=1S/C18H16ClNO3/c1-10-8-11-6-7-16(14(11)9-13(10)18(22)23)20-17(21)12-4-2-3-5-15(12)19/h2-5,8-9,16H,6-7H2,1H3,(H,20,21)(H,22,23)/t16-/m1/s1. The van der Waals surface area contributed by atoms with Crippen molar-refractivity contribution in [2.45, 2.75) is 25.8 Å². The van der Waals surface area contributed by atoms with E-state index in [9.17, 15) is 14.7 Å². The van der Waals surface area contributed by atoms with Gasteiger partial charge in [-0.3, -0.25) is 4.79 Å².